The quantitative estimate of drug-likeness (QED) is 0.784. The first-order valence-corrected chi connectivity index (χ1v) is 5.42. The second kappa shape index (κ2) is 4.14. The molecular formula is C12H16N2O2. The molecular weight excluding hydrogens is 204 g/mol. The molecule has 1 atom stereocenters. The van der Waals surface area contributed by atoms with Crippen LogP contribution < -0.4 is 10.6 Å². The maximum atomic E-state index is 10.8. The van der Waals surface area contributed by atoms with Gasteiger partial charge in [-0.25, -0.2) is 0 Å². The van der Waals surface area contributed by atoms with Gasteiger partial charge in [-0.1, -0.05) is 12.1 Å². The van der Waals surface area contributed by atoms with E-state index in [0.29, 0.717) is 5.56 Å². The van der Waals surface area contributed by atoms with Gasteiger partial charge in [-0.05, 0) is 30.0 Å². The number of hydrogen-bond acceptors (Lipinski definition) is 3. The Kier molecular flexibility index (Phi) is 2.83. The van der Waals surface area contributed by atoms with E-state index in [4.69, 9.17) is 10.8 Å². The van der Waals surface area contributed by atoms with E-state index in [1.54, 1.807) is 6.07 Å². The Hall–Kier alpha value is -1.55. The minimum atomic E-state index is -0.982. The average molecular weight is 220 g/mol. The molecule has 1 aromatic rings. The molecule has 3 N–H and O–H groups in total. The van der Waals surface area contributed by atoms with Crippen LogP contribution in [-0.2, 0) is 11.2 Å². The number of anilines is 1. The molecule has 4 heteroatoms. The highest BCUT2D eigenvalue weighted by atomic mass is 16.4. The van der Waals surface area contributed by atoms with Crippen LogP contribution in [0.3, 0.4) is 0 Å². The molecule has 0 spiro atoms. The maximum Gasteiger partial charge on any atom is 0.325 e. The van der Waals surface area contributed by atoms with Gasteiger partial charge in [0.15, 0.2) is 0 Å². The second-order valence-electron chi connectivity index (χ2n) is 4.23. The minimum absolute atomic E-state index is 0.682. The summed E-state index contributed by atoms with van der Waals surface area (Å²) in [4.78, 5) is 13.0. The number of aryl methyl sites for hydroxylation is 1. The number of carboxylic acid groups (broad SMARTS) is 1. The summed E-state index contributed by atoms with van der Waals surface area (Å²) in [5, 5.41) is 8.86. The summed E-state index contributed by atoms with van der Waals surface area (Å²) in [6, 6.07) is 4.77. The number of benzene rings is 1. The van der Waals surface area contributed by atoms with E-state index in [1.807, 2.05) is 12.1 Å². The van der Waals surface area contributed by atoms with Gasteiger partial charge in [0.2, 0.25) is 0 Å². The fourth-order valence-corrected chi connectivity index (χ4v) is 2.14. The maximum absolute atomic E-state index is 10.8. The number of fused-ring (bicyclic) bond motifs is 1. The van der Waals surface area contributed by atoms with Crippen LogP contribution in [0, 0.1) is 0 Å². The van der Waals surface area contributed by atoms with Crippen molar-refractivity contribution in [3.8, 4) is 0 Å². The van der Waals surface area contributed by atoms with Crippen molar-refractivity contribution in [2.75, 3.05) is 18.5 Å². The van der Waals surface area contributed by atoms with Gasteiger partial charge in [0, 0.05) is 19.3 Å². The first-order chi connectivity index (χ1) is 7.59. The van der Waals surface area contributed by atoms with Crippen LogP contribution in [0.25, 0.3) is 0 Å². The summed E-state index contributed by atoms with van der Waals surface area (Å²) < 4.78 is 0. The van der Waals surface area contributed by atoms with Crippen LogP contribution in [-0.4, -0.2) is 24.7 Å². The average Bonchev–Trinajstić information content (AvgIpc) is 2.28. The van der Waals surface area contributed by atoms with E-state index in [1.165, 1.54) is 11.3 Å². The molecule has 0 saturated heterocycles. The zero-order valence-electron chi connectivity index (χ0n) is 9.31. The van der Waals surface area contributed by atoms with Gasteiger partial charge in [-0.2, -0.15) is 0 Å². The van der Waals surface area contributed by atoms with Crippen molar-refractivity contribution in [2.24, 2.45) is 5.73 Å². The van der Waals surface area contributed by atoms with Crippen molar-refractivity contribution in [1.29, 1.82) is 0 Å². The molecule has 1 heterocycles. The number of carboxylic acids is 1. The molecule has 0 aromatic heterocycles. The first-order valence-electron chi connectivity index (χ1n) is 5.42. The van der Waals surface area contributed by atoms with Crippen molar-refractivity contribution in [3.63, 3.8) is 0 Å². The molecule has 0 saturated carbocycles. The molecule has 0 bridgehead atoms. The van der Waals surface area contributed by atoms with Crippen molar-refractivity contribution in [2.45, 2.75) is 18.9 Å². The zero-order chi connectivity index (χ0) is 11.7. The topological polar surface area (TPSA) is 66.6 Å². The third-order valence-corrected chi connectivity index (χ3v) is 3.08. The number of aliphatic carboxylic acids is 1. The van der Waals surface area contributed by atoms with Gasteiger partial charge in [-0.3, -0.25) is 4.79 Å². The predicted molar refractivity (Wildman–Crippen MR) is 62.6 cm³/mol. The van der Waals surface area contributed by atoms with Gasteiger partial charge < -0.3 is 15.7 Å². The van der Waals surface area contributed by atoms with Crippen molar-refractivity contribution >= 4 is 11.7 Å². The third-order valence-electron chi connectivity index (χ3n) is 3.08. The number of hydrogen-bond donors (Lipinski definition) is 2. The molecule has 1 unspecified atom stereocenters. The Labute approximate surface area is 94.7 Å². The summed E-state index contributed by atoms with van der Waals surface area (Å²) >= 11 is 0. The lowest BCUT2D eigenvalue weighted by Gasteiger charge is -2.28. The fraction of sp³-hybridized carbons (Fsp3) is 0.417. The summed E-state index contributed by atoms with van der Waals surface area (Å²) in [5.41, 5.74) is 8.66. The molecule has 2 rings (SSSR count). The van der Waals surface area contributed by atoms with E-state index in [9.17, 15) is 4.79 Å². The van der Waals surface area contributed by atoms with Gasteiger partial charge in [0.05, 0.1) is 0 Å². The summed E-state index contributed by atoms with van der Waals surface area (Å²) in [6.07, 6.45) is 2.11. The number of nitrogens with zero attached hydrogens (tertiary/aromatic N) is 1. The molecule has 16 heavy (non-hydrogen) atoms. The van der Waals surface area contributed by atoms with Crippen LogP contribution in [0.5, 0.6) is 0 Å². The molecule has 0 aliphatic carbocycles. The second-order valence-corrected chi connectivity index (χ2v) is 4.23. The molecule has 1 aliphatic heterocycles. The number of rotatable bonds is 2. The van der Waals surface area contributed by atoms with Crippen LogP contribution in [0.4, 0.5) is 5.69 Å². The minimum Gasteiger partial charge on any atom is -0.480 e. The SMILES string of the molecule is CN1CCCc2cc(C(N)C(=O)O)ccc21. The van der Waals surface area contributed by atoms with Crippen LogP contribution in [0.15, 0.2) is 18.2 Å². The lowest BCUT2D eigenvalue weighted by molar-refractivity contribution is -0.138. The normalized spacial score (nSPS) is 16.8. The molecule has 0 amide bonds. The predicted octanol–water partition coefficient (Wildman–Crippen LogP) is 1.15. The first kappa shape index (κ1) is 11.0. The summed E-state index contributed by atoms with van der Waals surface area (Å²) in [7, 11) is 2.05. The highest BCUT2D eigenvalue weighted by molar-refractivity contribution is 5.75. The smallest absolute Gasteiger partial charge is 0.325 e. The molecule has 1 aliphatic rings. The fourth-order valence-electron chi connectivity index (χ4n) is 2.14. The highest BCUT2D eigenvalue weighted by Crippen LogP contribution is 2.28. The third kappa shape index (κ3) is 1.88. The molecule has 0 fully saturated rings. The van der Waals surface area contributed by atoms with Crippen molar-refractivity contribution in [1.82, 2.24) is 0 Å². The Morgan fingerprint density at radius 1 is 1.56 bits per heavy atom. The van der Waals surface area contributed by atoms with Crippen LogP contribution in [0.1, 0.15) is 23.6 Å². The Bertz CT molecular complexity index is 417. The lowest BCUT2D eigenvalue weighted by atomic mass is 9.97. The Balaban J connectivity index is 2.35. The van der Waals surface area contributed by atoms with Gasteiger partial charge in [0.25, 0.3) is 0 Å². The van der Waals surface area contributed by atoms with Crippen LogP contribution >= 0.6 is 0 Å². The summed E-state index contributed by atoms with van der Waals surface area (Å²) in [5.74, 6) is -0.982. The van der Waals surface area contributed by atoms with Gasteiger partial charge in [-0.15, -0.1) is 0 Å². The van der Waals surface area contributed by atoms with E-state index >= 15 is 0 Å². The van der Waals surface area contributed by atoms with E-state index in [-0.39, 0.29) is 0 Å². The highest BCUT2D eigenvalue weighted by Gasteiger charge is 2.18. The van der Waals surface area contributed by atoms with Gasteiger partial charge >= 0.3 is 5.97 Å². The molecule has 86 valence electrons. The lowest BCUT2D eigenvalue weighted by Crippen LogP contribution is -2.26. The molecule has 4 nitrogen and oxygen atoms in total. The zero-order valence-corrected chi connectivity index (χ0v) is 9.31. The van der Waals surface area contributed by atoms with Crippen molar-refractivity contribution in [3.05, 3.63) is 29.3 Å². The monoisotopic (exact) mass is 220 g/mol. The van der Waals surface area contributed by atoms with Crippen LogP contribution in [0.2, 0.25) is 0 Å². The summed E-state index contributed by atoms with van der Waals surface area (Å²) in [6.45, 7) is 1.05. The van der Waals surface area contributed by atoms with E-state index < -0.39 is 12.0 Å². The standard InChI is InChI=1S/C12H16N2O2/c1-14-6-2-3-8-7-9(4-5-10(8)14)11(13)12(15)16/h4-5,7,11H,2-3,6,13H2,1H3,(H,15,16). The molecule has 1 aromatic carbocycles. The van der Waals surface area contributed by atoms with Crippen molar-refractivity contribution < 1.29 is 9.90 Å². The number of carbonyl (C=O) groups is 1. The molecule has 0 radical (unpaired) electrons. The number of nitrogens with two attached hydrogens (primary N) is 1. The van der Waals surface area contributed by atoms with Gasteiger partial charge in [0.1, 0.15) is 6.04 Å². The Morgan fingerprint density at radius 3 is 3.00 bits per heavy atom. The largest absolute Gasteiger partial charge is 0.480 e. The van der Waals surface area contributed by atoms with E-state index in [0.717, 1.165) is 19.4 Å². The van der Waals surface area contributed by atoms with E-state index in [2.05, 4.69) is 11.9 Å². The Morgan fingerprint density at radius 2 is 2.31 bits per heavy atom.